The first-order valence-corrected chi connectivity index (χ1v) is 9.21. The Hall–Kier alpha value is -3.42. The normalized spacial score (nSPS) is 15.4. The average Bonchev–Trinajstić information content (AvgIpc) is 3.11. The van der Waals surface area contributed by atoms with Crippen molar-refractivity contribution >= 4 is 5.91 Å². The molecule has 0 radical (unpaired) electrons. The first-order valence-electron chi connectivity index (χ1n) is 9.21. The first-order chi connectivity index (χ1) is 13.7. The quantitative estimate of drug-likeness (QED) is 0.733. The summed E-state index contributed by atoms with van der Waals surface area (Å²) in [6.45, 7) is 4.81. The van der Waals surface area contributed by atoms with E-state index in [1.54, 1.807) is 23.0 Å². The summed E-state index contributed by atoms with van der Waals surface area (Å²) >= 11 is 0. The molecule has 0 spiro atoms. The number of fused-ring (bicyclic) bond motifs is 1. The van der Waals surface area contributed by atoms with Crippen LogP contribution >= 0.6 is 0 Å². The predicted molar refractivity (Wildman–Crippen MR) is 102 cm³/mol. The van der Waals surface area contributed by atoms with Gasteiger partial charge in [0.05, 0.1) is 36.7 Å². The van der Waals surface area contributed by atoms with Gasteiger partial charge in [-0.15, -0.1) is 10.2 Å². The molecule has 4 rings (SSSR count). The highest BCUT2D eigenvalue weighted by molar-refractivity contribution is 5.95. The second-order valence-corrected chi connectivity index (χ2v) is 6.42. The molecule has 8 nitrogen and oxygen atoms in total. The third-order valence-electron chi connectivity index (χ3n) is 4.65. The molecular weight excluding hydrogens is 358 g/mol. The maximum Gasteiger partial charge on any atom is 0.255 e. The first kappa shape index (κ1) is 18.0. The maximum atomic E-state index is 12.9. The number of hydrogen-bond acceptors (Lipinski definition) is 6. The van der Waals surface area contributed by atoms with Crippen LogP contribution in [0.15, 0.2) is 42.6 Å². The van der Waals surface area contributed by atoms with E-state index in [-0.39, 0.29) is 11.9 Å². The van der Waals surface area contributed by atoms with Gasteiger partial charge in [0.15, 0.2) is 5.82 Å². The van der Waals surface area contributed by atoms with Crippen LogP contribution in [-0.4, -0.2) is 39.1 Å². The molecule has 0 saturated heterocycles. The Morgan fingerprint density at radius 3 is 2.93 bits per heavy atom. The number of rotatable bonds is 5. The lowest BCUT2D eigenvalue weighted by molar-refractivity contribution is 0.0924. The molecule has 0 aliphatic carbocycles. The molecule has 0 unspecified atom stereocenters. The van der Waals surface area contributed by atoms with Crippen LogP contribution in [0.25, 0.3) is 5.82 Å². The van der Waals surface area contributed by atoms with Crippen molar-refractivity contribution in [3.05, 3.63) is 59.4 Å². The Balaban J connectivity index is 1.53. The Morgan fingerprint density at radius 1 is 1.29 bits per heavy atom. The van der Waals surface area contributed by atoms with Gasteiger partial charge in [-0.1, -0.05) is 18.2 Å². The third-order valence-corrected chi connectivity index (χ3v) is 4.65. The van der Waals surface area contributed by atoms with Crippen molar-refractivity contribution in [2.24, 2.45) is 0 Å². The van der Waals surface area contributed by atoms with E-state index in [9.17, 15) is 4.79 Å². The number of para-hydroxylation sites is 1. The van der Waals surface area contributed by atoms with E-state index < -0.39 is 0 Å². The van der Waals surface area contributed by atoms with Crippen LogP contribution in [0.2, 0.25) is 0 Å². The molecule has 1 aliphatic rings. The number of carbonyl (C=O) groups excluding carboxylic acids is 1. The molecule has 0 fully saturated rings. The van der Waals surface area contributed by atoms with Gasteiger partial charge in [0.1, 0.15) is 5.75 Å². The number of carbonyl (C=O) groups is 1. The van der Waals surface area contributed by atoms with Gasteiger partial charge in [0, 0.05) is 18.1 Å². The standard InChI is InChI=1S/C20H21N5O3/c1-3-27-19-9-8-18(23-24-19)25-13(2)15(12-21-25)20(26)22-16-10-11-28-17-7-5-4-6-14(16)17/h4-9,12,16H,3,10-11H2,1-2H3,(H,22,26)/t16-/m1/s1. The van der Waals surface area contributed by atoms with Crippen molar-refractivity contribution in [2.75, 3.05) is 13.2 Å². The number of hydrogen-bond donors (Lipinski definition) is 1. The van der Waals surface area contributed by atoms with E-state index in [1.807, 2.05) is 38.1 Å². The SMILES string of the molecule is CCOc1ccc(-n2ncc(C(=O)N[C@@H]3CCOc4ccccc43)c2C)nn1. The molecular formula is C20H21N5O3. The van der Waals surface area contributed by atoms with Gasteiger partial charge in [0.25, 0.3) is 5.91 Å². The molecule has 28 heavy (non-hydrogen) atoms. The van der Waals surface area contributed by atoms with E-state index in [1.165, 1.54) is 0 Å². The van der Waals surface area contributed by atoms with Crippen LogP contribution < -0.4 is 14.8 Å². The monoisotopic (exact) mass is 379 g/mol. The molecule has 1 atom stereocenters. The van der Waals surface area contributed by atoms with E-state index in [2.05, 4.69) is 20.6 Å². The summed E-state index contributed by atoms with van der Waals surface area (Å²) in [7, 11) is 0. The van der Waals surface area contributed by atoms with Crippen molar-refractivity contribution in [3.8, 4) is 17.4 Å². The van der Waals surface area contributed by atoms with E-state index in [0.29, 0.717) is 36.2 Å². The van der Waals surface area contributed by atoms with Gasteiger partial charge in [-0.3, -0.25) is 4.79 Å². The van der Waals surface area contributed by atoms with Gasteiger partial charge in [-0.2, -0.15) is 5.10 Å². The summed E-state index contributed by atoms with van der Waals surface area (Å²) in [5.41, 5.74) is 2.18. The number of nitrogens with one attached hydrogen (secondary N) is 1. The summed E-state index contributed by atoms with van der Waals surface area (Å²) in [6, 6.07) is 11.2. The summed E-state index contributed by atoms with van der Waals surface area (Å²) in [5.74, 6) is 1.61. The van der Waals surface area contributed by atoms with Crippen molar-refractivity contribution in [3.63, 3.8) is 0 Å². The van der Waals surface area contributed by atoms with Crippen LogP contribution in [0.3, 0.4) is 0 Å². The fourth-order valence-electron chi connectivity index (χ4n) is 3.24. The summed E-state index contributed by atoms with van der Waals surface area (Å²) < 4.78 is 12.6. The zero-order chi connectivity index (χ0) is 19.5. The highest BCUT2D eigenvalue weighted by atomic mass is 16.5. The topological polar surface area (TPSA) is 91.2 Å². The highest BCUT2D eigenvalue weighted by Gasteiger charge is 2.25. The molecule has 0 bridgehead atoms. The van der Waals surface area contributed by atoms with Crippen LogP contribution in [-0.2, 0) is 0 Å². The molecule has 1 N–H and O–H groups in total. The fourth-order valence-corrected chi connectivity index (χ4v) is 3.24. The zero-order valence-corrected chi connectivity index (χ0v) is 15.8. The van der Waals surface area contributed by atoms with Gasteiger partial charge < -0.3 is 14.8 Å². The molecule has 2 aromatic heterocycles. The Labute approximate surface area is 162 Å². The molecule has 3 heterocycles. The van der Waals surface area contributed by atoms with E-state index >= 15 is 0 Å². The summed E-state index contributed by atoms with van der Waals surface area (Å²) in [5, 5.41) is 15.5. The van der Waals surface area contributed by atoms with Crippen LogP contribution in [0.5, 0.6) is 11.6 Å². The second-order valence-electron chi connectivity index (χ2n) is 6.42. The number of benzene rings is 1. The van der Waals surface area contributed by atoms with Crippen molar-refractivity contribution in [1.29, 1.82) is 0 Å². The van der Waals surface area contributed by atoms with Crippen LogP contribution in [0.1, 0.15) is 41.0 Å². The largest absolute Gasteiger partial charge is 0.493 e. The summed E-state index contributed by atoms with van der Waals surface area (Å²) in [6.07, 6.45) is 2.27. The molecule has 0 saturated carbocycles. The van der Waals surface area contributed by atoms with Crippen molar-refractivity contribution in [2.45, 2.75) is 26.3 Å². The minimum Gasteiger partial charge on any atom is -0.493 e. The van der Waals surface area contributed by atoms with E-state index in [4.69, 9.17) is 9.47 Å². The Kier molecular flexibility index (Phi) is 4.92. The smallest absolute Gasteiger partial charge is 0.255 e. The molecule has 3 aromatic rings. The summed E-state index contributed by atoms with van der Waals surface area (Å²) in [4.78, 5) is 12.9. The van der Waals surface area contributed by atoms with Crippen molar-refractivity contribution in [1.82, 2.24) is 25.3 Å². The third kappa shape index (κ3) is 3.40. The average molecular weight is 379 g/mol. The number of aromatic nitrogens is 4. The number of ether oxygens (including phenoxy) is 2. The molecule has 1 amide bonds. The number of amides is 1. The molecule has 1 aromatic carbocycles. The lowest BCUT2D eigenvalue weighted by Gasteiger charge is -2.26. The minimum absolute atomic E-state index is 0.0922. The van der Waals surface area contributed by atoms with Gasteiger partial charge in [-0.25, -0.2) is 4.68 Å². The van der Waals surface area contributed by atoms with Gasteiger partial charge >= 0.3 is 0 Å². The molecule has 1 aliphatic heterocycles. The molecule has 144 valence electrons. The minimum atomic E-state index is -0.177. The fraction of sp³-hybridized carbons (Fsp3) is 0.300. The maximum absolute atomic E-state index is 12.9. The van der Waals surface area contributed by atoms with Crippen LogP contribution in [0, 0.1) is 6.92 Å². The molecule has 8 heteroatoms. The van der Waals surface area contributed by atoms with Crippen molar-refractivity contribution < 1.29 is 14.3 Å². The predicted octanol–water partition coefficient (Wildman–Crippen LogP) is 2.62. The zero-order valence-electron chi connectivity index (χ0n) is 15.8. The lowest BCUT2D eigenvalue weighted by atomic mass is 10.0. The Morgan fingerprint density at radius 2 is 2.14 bits per heavy atom. The van der Waals surface area contributed by atoms with Gasteiger partial charge in [-0.05, 0) is 26.0 Å². The highest BCUT2D eigenvalue weighted by Crippen LogP contribution is 2.31. The number of nitrogens with zero attached hydrogens (tertiary/aromatic N) is 4. The second kappa shape index (κ2) is 7.67. The van der Waals surface area contributed by atoms with E-state index in [0.717, 1.165) is 17.7 Å². The lowest BCUT2D eigenvalue weighted by Crippen LogP contribution is -2.32. The van der Waals surface area contributed by atoms with Gasteiger partial charge in [0.2, 0.25) is 5.88 Å². The van der Waals surface area contributed by atoms with Crippen LogP contribution in [0.4, 0.5) is 0 Å². The Bertz CT molecular complexity index is 984.